The highest BCUT2D eigenvalue weighted by atomic mass is 35.5. The summed E-state index contributed by atoms with van der Waals surface area (Å²) < 4.78 is 5.14. The van der Waals surface area contributed by atoms with Crippen LogP contribution in [0.4, 0.5) is 11.4 Å². The Kier molecular flexibility index (Phi) is 4.35. The molecule has 0 saturated carbocycles. The van der Waals surface area contributed by atoms with Gasteiger partial charge in [-0.1, -0.05) is 0 Å². The number of hydrogen-bond donors (Lipinski definition) is 2. The van der Waals surface area contributed by atoms with Crippen LogP contribution in [0, 0.1) is 6.92 Å². The minimum absolute atomic E-state index is 0. The lowest BCUT2D eigenvalue weighted by atomic mass is 10.0. The lowest BCUT2D eigenvalue weighted by Crippen LogP contribution is -2.14. The Balaban J connectivity index is 0.00000147. The predicted octanol–water partition coefficient (Wildman–Crippen LogP) is 3.62. The highest BCUT2D eigenvalue weighted by Gasteiger charge is 2.13. The molecule has 0 unspecified atom stereocenters. The largest absolute Gasteiger partial charge is 0.469 e. The number of benzene rings is 1. The van der Waals surface area contributed by atoms with Crippen LogP contribution in [0.25, 0.3) is 0 Å². The average molecular weight is 293 g/mol. The van der Waals surface area contributed by atoms with Crippen LogP contribution in [0.5, 0.6) is 0 Å². The fourth-order valence-electron chi connectivity index (χ4n) is 2.37. The third kappa shape index (κ3) is 2.80. The van der Waals surface area contributed by atoms with Crippen molar-refractivity contribution in [2.75, 3.05) is 17.2 Å². The van der Waals surface area contributed by atoms with Gasteiger partial charge < -0.3 is 15.1 Å². The van der Waals surface area contributed by atoms with Crippen LogP contribution < -0.4 is 10.6 Å². The summed E-state index contributed by atoms with van der Waals surface area (Å²) in [6.45, 7) is 2.80. The molecule has 1 aliphatic rings. The molecule has 106 valence electrons. The van der Waals surface area contributed by atoms with E-state index in [4.69, 9.17) is 4.42 Å². The van der Waals surface area contributed by atoms with Crippen molar-refractivity contribution in [1.29, 1.82) is 0 Å². The number of hydrogen-bond acceptors (Lipinski definition) is 3. The second-order valence-corrected chi connectivity index (χ2v) is 4.75. The van der Waals surface area contributed by atoms with Crippen LogP contribution in [0.1, 0.15) is 28.1 Å². The topological polar surface area (TPSA) is 54.3 Å². The van der Waals surface area contributed by atoms with Crippen LogP contribution in [0.3, 0.4) is 0 Å². The van der Waals surface area contributed by atoms with Gasteiger partial charge in [0.1, 0.15) is 5.76 Å². The first-order valence-corrected chi connectivity index (χ1v) is 6.46. The first kappa shape index (κ1) is 14.5. The van der Waals surface area contributed by atoms with Gasteiger partial charge in [-0.05, 0) is 49.6 Å². The van der Waals surface area contributed by atoms with E-state index in [1.165, 1.54) is 17.5 Å². The van der Waals surface area contributed by atoms with Crippen LogP contribution in [-0.4, -0.2) is 12.5 Å². The summed E-state index contributed by atoms with van der Waals surface area (Å²) in [5.41, 5.74) is 3.83. The van der Waals surface area contributed by atoms with E-state index in [0.29, 0.717) is 11.3 Å². The third-order valence-electron chi connectivity index (χ3n) is 3.40. The Morgan fingerprint density at radius 2 is 2.20 bits per heavy atom. The molecule has 1 aromatic carbocycles. The van der Waals surface area contributed by atoms with E-state index in [0.717, 1.165) is 25.1 Å². The van der Waals surface area contributed by atoms with Crippen LogP contribution in [-0.2, 0) is 6.42 Å². The predicted molar refractivity (Wildman–Crippen MR) is 81.9 cm³/mol. The molecular weight excluding hydrogens is 276 g/mol. The maximum Gasteiger partial charge on any atom is 0.259 e. The molecule has 1 aliphatic heterocycles. The quantitative estimate of drug-likeness (QED) is 0.889. The zero-order valence-corrected chi connectivity index (χ0v) is 12.0. The van der Waals surface area contributed by atoms with E-state index in [9.17, 15) is 4.79 Å². The fourth-order valence-corrected chi connectivity index (χ4v) is 2.37. The molecule has 0 bridgehead atoms. The minimum Gasteiger partial charge on any atom is -0.469 e. The Labute approximate surface area is 124 Å². The normalized spacial score (nSPS) is 12.8. The zero-order chi connectivity index (χ0) is 13.2. The van der Waals surface area contributed by atoms with Crippen molar-refractivity contribution < 1.29 is 9.21 Å². The van der Waals surface area contributed by atoms with E-state index >= 15 is 0 Å². The van der Waals surface area contributed by atoms with Crippen LogP contribution in [0.15, 0.2) is 34.9 Å². The van der Waals surface area contributed by atoms with Crippen molar-refractivity contribution in [3.8, 4) is 0 Å². The maximum atomic E-state index is 12.1. The Bertz CT molecular complexity index is 622. The number of carbonyl (C=O) groups excluding carboxylic acids is 1. The summed E-state index contributed by atoms with van der Waals surface area (Å²) in [6, 6.07) is 7.66. The number of rotatable bonds is 2. The summed E-state index contributed by atoms with van der Waals surface area (Å²) >= 11 is 0. The van der Waals surface area contributed by atoms with Gasteiger partial charge >= 0.3 is 0 Å². The van der Waals surface area contributed by atoms with E-state index < -0.39 is 0 Å². The minimum atomic E-state index is -0.130. The van der Waals surface area contributed by atoms with Crippen molar-refractivity contribution in [2.24, 2.45) is 0 Å². The maximum absolute atomic E-state index is 12.1. The molecule has 0 fully saturated rings. The Morgan fingerprint density at radius 1 is 1.35 bits per heavy atom. The molecule has 1 amide bonds. The SMILES string of the molecule is Cc1occc1C(=O)Nc1ccc2c(c1)CCCN2.Cl. The van der Waals surface area contributed by atoms with Crippen LogP contribution in [0.2, 0.25) is 0 Å². The van der Waals surface area contributed by atoms with E-state index in [1.807, 2.05) is 18.2 Å². The Hall–Kier alpha value is -1.94. The molecule has 1 aromatic heterocycles. The van der Waals surface area contributed by atoms with Gasteiger partial charge in [-0.2, -0.15) is 0 Å². The highest BCUT2D eigenvalue weighted by Crippen LogP contribution is 2.25. The molecule has 20 heavy (non-hydrogen) atoms. The zero-order valence-electron chi connectivity index (χ0n) is 11.2. The smallest absolute Gasteiger partial charge is 0.259 e. The second kappa shape index (κ2) is 6.01. The number of amides is 1. The van der Waals surface area contributed by atoms with Crippen molar-refractivity contribution in [2.45, 2.75) is 19.8 Å². The summed E-state index contributed by atoms with van der Waals surface area (Å²) in [5.74, 6) is 0.507. The molecule has 4 nitrogen and oxygen atoms in total. The van der Waals surface area contributed by atoms with Gasteiger partial charge in [-0.3, -0.25) is 4.79 Å². The van der Waals surface area contributed by atoms with E-state index in [1.54, 1.807) is 13.0 Å². The van der Waals surface area contributed by atoms with Crippen LogP contribution >= 0.6 is 12.4 Å². The van der Waals surface area contributed by atoms with Gasteiger partial charge in [0.05, 0.1) is 11.8 Å². The Morgan fingerprint density at radius 3 is 2.95 bits per heavy atom. The number of anilines is 2. The van der Waals surface area contributed by atoms with Gasteiger partial charge in [0.15, 0.2) is 0 Å². The summed E-state index contributed by atoms with van der Waals surface area (Å²) in [4.78, 5) is 12.1. The fraction of sp³-hybridized carbons (Fsp3) is 0.267. The molecule has 0 saturated heterocycles. The molecule has 0 aliphatic carbocycles. The number of nitrogens with one attached hydrogen (secondary N) is 2. The molecule has 2 heterocycles. The molecule has 2 aromatic rings. The number of halogens is 1. The molecular formula is C15H17ClN2O2. The van der Waals surface area contributed by atoms with Gasteiger partial charge in [-0.15, -0.1) is 12.4 Å². The number of furan rings is 1. The van der Waals surface area contributed by atoms with Gasteiger partial charge in [-0.25, -0.2) is 0 Å². The average Bonchev–Trinajstić information content (AvgIpc) is 2.85. The first-order chi connectivity index (χ1) is 9.24. The molecule has 3 rings (SSSR count). The number of aryl methyl sites for hydroxylation is 2. The number of fused-ring (bicyclic) bond motifs is 1. The molecule has 0 spiro atoms. The van der Waals surface area contributed by atoms with Gasteiger partial charge in [0.2, 0.25) is 0 Å². The summed E-state index contributed by atoms with van der Waals surface area (Å²) in [6.07, 6.45) is 3.71. The molecule has 0 atom stereocenters. The van der Waals surface area contributed by atoms with Crippen molar-refractivity contribution >= 4 is 29.7 Å². The first-order valence-electron chi connectivity index (χ1n) is 6.46. The van der Waals surface area contributed by atoms with Crippen molar-refractivity contribution in [3.05, 3.63) is 47.4 Å². The lowest BCUT2D eigenvalue weighted by molar-refractivity contribution is 0.102. The molecule has 2 N–H and O–H groups in total. The molecule has 5 heteroatoms. The highest BCUT2D eigenvalue weighted by molar-refractivity contribution is 6.05. The van der Waals surface area contributed by atoms with Gasteiger partial charge in [0, 0.05) is 17.9 Å². The summed E-state index contributed by atoms with van der Waals surface area (Å²) in [7, 11) is 0. The van der Waals surface area contributed by atoms with Crippen molar-refractivity contribution in [3.63, 3.8) is 0 Å². The second-order valence-electron chi connectivity index (χ2n) is 4.75. The summed E-state index contributed by atoms with van der Waals surface area (Å²) in [5, 5.41) is 6.26. The van der Waals surface area contributed by atoms with E-state index in [-0.39, 0.29) is 18.3 Å². The third-order valence-corrected chi connectivity index (χ3v) is 3.40. The van der Waals surface area contributed by atoms with Crippen molar-refractivity contribution in [1.82, 2.24) is 0 Å². The van der Waals surface area contributed by atoms with E-state index in [2.05, 4.69) is 10.6 Å². The number of carbonyl (C=O) groups is 1. The van der Waals surface area contributed by atoms with Gasteiger partial charge in [0.25, 0.3) is 5.91 Å². The molecule has 0 radical (unpaired) electrons. The lowest BCUT2D eigenvalue weighted by Gasteiger charge is -2.18. The standard InChI is InChI=1S/C15H16N2O2.ClH/c1-10-13(6-8-19-10)15(18)17-12-4-5-14-11(9-12)3-2-7-16-14;/h4-6,8-9,16H,2-3,7H2,1H3,(H,17,18);1H. The monoisotopic (exact) mass is 292 g/mol.